The molecule has 1 saturated heterocycles. The number of allylic oxidation sites excluding steroid dienone is 3. The summed E-state index contributed by atoms with van der Waals surface area (Å²) in [6.45, 7) is 3.92. The highest BCUT2D eigenvalue weighted by atomic mass is 16.5. The van der Waals surface area contributed by atoms with Gasteiger partial charge in [-0.1, -0.05) is 24.3 Å². The molecule has 3 heteroatoms. The van der Waals surface area contributed by atoms with Crippen molar-refractivity contribution in [3.63, 3.8) is 0 Å². The summed E-state index contributed by atoms with van der Waals surface area (Å²) in [7, 11) is 0. The molecule has 1 aliphatic heterocycles. The van der Waals surface area contributed by atoms with Crippen LogP contribution in [0, 0.1) is 11.8 Å². The lowest BCUT2D eigenvalue weighted by Gasteiger charge is -2.13. The molecule has 0 aromatic rings. The smallest absolute Gasteiger partial charge is 0.312 e. The molecule has 14 heavy (non-hydrogen) atoms. The highest BCUT2D eigenvalue weighted by molar-refractivity contribution is 5.75. The van der Waals surface area contributed by atoms with Crippen LogP contribution in [0.5, 0.6) is 0 Å². The van der Waals surface area contributed by atoms with Crippen molar-refractivity contribution in [1.82, 2.24) is 0 Å². The van der Waals surface area contributed by atoms with Gasteiger partial charge in [-0.15, -0.1) is 0 Å². The first-order valence-corrected chi connectivity index (χ1v) is 4.81. The molecule has 3 nitrogen and oxygen atoms in total. The van der Waals surface area contributed by atoms with E-state index in [9.17, 15) is 9.90 Å². The Hall–Kier alpha value is -1.09. The predicted octanol–water partition coefficient (Wildman–Crippen LogP) is 1.29. The minimum Gasteiger partial charge on any atom is -0.465 e. The Kier molecular flexibility index (Phi) is 3.89. The molecule has 1 fully saturated rings. The fraction of sp³-hybridized carbons (Fsp3) is 0.545. The normalized spacial score (nSPS) is 30.1. The van der Waals surface area contributed by atoms with Crippen LogP contribution in [-0.2, 0) is 9.53 Å². The molecule has 0 bridgehead atoms. The van der Waals surface area contributed by atoms with Crippen molar-refractivity contribution >= 4 is 5.97 Å². The number of ether oxygens (including phenoxy) is 1. The molecule has 0 saturated carbocycles. The lowest BCUT2D eigenvalue weighted by molar-refractivity contribution is -0.143. The Labute approximate surface area is 84.1 Å². The molecule has 0 radical (unpaired) electrons. The van der Waals surface area contributed by atoms with Gasteiger partial charge in [-0.2, -0.15) is 0 Å². The number of aliphatic hydroxyl groups excluding tert-OH is 1. The Morgan fingerprint density at radius 2 is 2.29 bits per heavy atom. The number of hydrogen-bond donors (Lipinski definition) is 1. The topological polar surface area (TPSA) is 46.5 Å². The van der Waals surface area contributed by atoms with E-state index in [0.717, 1.165) is 0 Å². The second kappa shape index (κ2) is 4.96. The molecule has 0 aromatic carbocycles. The molecular weight excluding hydrogens is 180 g/mol. The Bertz CT molecular complexity index is 253. The van der Waals surface area contributed by atoms with Crippen LogP contribution in [0.1, 0.15) is 13.8 Å². The van der Waals surface area contributed by atoms with Gasteiger partial charge in [0.2, 0.25) is 0 Å². The van der Waals surface area contributed by atoms with Crippen LogP contribution in [0.4, 0.5) is 0 Å². The Morgan fingerprint density at radius 3 is 2.86 bits per heavy atom. The fourth-order valence-electron chi connectivity index (χ4n) is 1.60. The number of aliphatic hydroxyl groups is 1. The quantitative estimate of drug-likeness (QED) is 0.546. The summed E-state index contributed by atoms with van der Waals surface area (Å²) in [4.78, 5) is 11.2. The average molecular weight is 196 g/mol. The van der Waals surface area contributed by atoms with Crippen LogP contribution in [0.3, 0.4) is 0 Å². The zero-order valence-corrected chi connectivity index (χ0v) is 8.51. The van der Waals surface area contributed by atoms with Crippen LogP contribution in [0.2, 0.25) is 0 Å². The van der Waals surface area contributed by atoms with Crippen LogP contribution >= 0.6 is 0 Å². The largest absolute Gasteiger partial charge is 0.465 e. The third kappa shape index (κ3) is 2.45. The van der Waals surface area contributed by atoms with E-state index in [4.69, 9.17) is 4.74 Å². The van der Waals surface area contributed by atoms with Crippen molar-refractivity contribution in [3.8, 4) is 0 Å². The molecule has 1 N–H and O–H groups in total. The van der Waals surface area contributed by atoms with Crippen LogP contribution < -0.4 is 0 Å². The summed E-state index contributed by atoms with van der Waals surface area (Å²) in [6, 6.07) is 0. The van der Waals surface area contributed by atoms with Crippen molar-refractivity contribution < 1.29 is 14.6 Å². The molecule has 3 atom stereocenters. The lowest BCUT2D eigenvalue weighted by atomic mass is 9.90. The second-order valence-corrected chi connectivity index (χ2v) is 3.47. The Balaban J connectivity index is 2.64. The Morgan fingerprint density at radius 1 is 1.57 bits per heavy atom. The van der Waals surface area contributed by atoms with Gasteiger partial charge in [0.05, 0.1) is 18.6 Å². The maximum absolute atomic E-state index is 11.2. The highest BCUT2D eigenvalue weighted by Crippen LogP contribution is 2.26. The maximum Gasteiger partial charge on any atom is 0.312 e. The van der Waals surface area contributed by atoms with Crippen LogP contribution in [0.15, 0.2) is 24.3 Å². The second-order valence-electron chi connectivity index (χ2n) is 3.47. The van der Waals surface area contributed by atoms with E-state index < -0.39 is 12.0 Å². The first-order valence-electron chi connectivity index (χ1n) is 4.81. The van der Waals surface area contributed by atoms with Crippen molar-refractivity contribution in [2.75, 3.05) is 6.61 Å². The van der Waals surface area contributed by atoms with Crippen molar-refractivity contribution in [3.05, 3.63) is 24.3 Å². The summed E-state index contributed by atoms with van der Waals surface area (Å²) in [5, 5.41) is 9.40. The van der Waals surface area contributed by atoms with E-state index in [-0.39, 0.29) is 11.9 Å². The number of hydrogen-bond acceptors (Lipinski definition) is 3. The third-order valence-electron chi connectivity index (χ3n) is 2.33. The number of rotatable bonds is 3. The van der Waals surface area contributed by atoms with E-state index in [1.165, 1.54) is 0 Å². The molecule has 78 valence electrons. The molecule has 0 unspecified atom stereocenters. The van der Waals surface area contributed by atoms with Crippen molar-refractivity contribution in [2.45, 2.75) is 20.0 Å². The van der Waals surface area contributed by atoms with Gasteiger partial charge in [-0.25, -0.2) is 0 Å². The van der Waals surface area contributed by atoms with E-state index in [1.54, 1.807) is 6.92 Å². The lowest BCUT2D eigenvalue weighted by Crippen LogP contribution is -2.26. The van der Waals surface area contributed by atoms with Gasteiger partial charge in [-0.05, 0) is 13.8 Å². The number of esters is 1. The minimum absolute atomic E-state index is 0.00120. The standard InChI is InChI=1S/C11H16O3/c1-3-4-5-6-9-7-14-11(13)10(9)8(2)12/h3-6,8-10,12H,7H2,1-2H3/b4-3+,6-5+/t8-,9+,10-/m0/s1. The zero-order chi connectivity index (χ0) is 10.6. The number of cyclic esters (lactones) is 1. The summed E-state index contributed by atoms with van der Waals surface area (Å²) >= 11 is 0. The van der Waals surface area contributed by atoms with Gasteiger partial charge in [-0.3, -0.25) is 4.79 Å². The SMILES string of the molecule is C/C=C/C=C/[C@@H]1COC(=O)[C@H]1[C@H](C)O. The number of carbonyl (C=O) groups is 1. The van der Waals surface area contributed by atoms with Gasteiger partial charge < -0.3 is 9.84 Å². The molecule has 1 heterocycles. The van der Waals surface area contributed by atoms with Gasteiger partial charge in [0.1, 0.15) is 0 Å². The highest BCUT2D eigenvalue weighted by Gasteiger charge is 2.38. The summed E-state index contributed by atoms with van der Waals surface area (Å²) in [6.07, 6.45) is 6.93. The molecule has 1 rings (SSSR count). The molecule has 0 aliphatic carbocycles. The predicted molar refractivity (Wildman–Crippen MR) is 53.6 cm³/mol. The molecular formula is C11H16O3. The van der Waals surface area contributed by atoms with Gasteiger partial charge >= 0.3 is 5.97 Å². The number of carbonyl (C=O) groups excluding carboxylic acids is 1. The van der Waals surface area contributed by atoms with E-state index in [0.29, 0.717) is 6.61 Å². The van der Waals surface area contributed by atoms with Crippen molar-refractivity contribution in [1.29, 1.82) is 0 Å². The summed E-state index contributed by atoms with van der Waals surface area (Å²) in [5.74, 6) is -0.703. The average Bonchev–Trinajstić information content (AvgIpc) is 2.47. The minimum atomic E-state index is -0.648. The van der Waals surface area contributed by atoms with Gasteiger partial charge in [0, 0.05) is 5.92 Å². The molecule has 0 aromatic heterocycles. The van der Waals surface area contributed by atoms with Gasteiger partial charge in [0.25, 0.3) is 0 Å². The first-order chi connectivity index (χ1) is 6.66. The fourth-order valence-corrected chi connectivity index (χ4v) is 1.60. The maximum atomic E-state index is 11.2. The summed E-state index contributed by atoms with van der Waals surface area (Å²) in [5.41, 5.74) is 0. The summed E-state index contributed by atoms with van der Waals surface area (Å²) < 4.78 is 4.90. The zero-order valence-electron chi connectivity index (χ0n) is 8.51. The molecule has 0 spiro atoms. The first kappa shape index (κ1) is 11.0. The molecule has 1 aliphatic rings. The van der Waals surface area contributed by atoms with E-state index in [2.05, 4.69) is 0 Å². The van der Waals surface area contributed by atoms with E-state index >= 15 is 0 Å². The molecule has 0 amide bonds. The third-order valence-corrected chi connectivity index (χ3v) is 2.33. The van der Waals surface area contributed by atoms with Crippen LogP contribution in [-0.4, -0.2) is 23.8 Å². The van der Waals surface area contributed by atoms with E-state index in [1.807, 2.05) is 31.2 Å². The van der Waals surface area contributed by atoms with Gasteiger partial charge in [0.15, 0.2) is 0 Å². The van der Waals surface area contributed by atoms with Crippen LogP contribution in [0.25, 0.3) is 0 Å². The monoisotopic (exact) mass is 196 g/mol. The van der Waals surface area contributed by atoms with Crippen molar-refractivity contribution in [2.24, 2.45) is 11.8 Å².